The lowest BCUT2D eigenvalue weighted by atomic mass is 10.4. The number of carbonyl (C=O) groups is 1. The molecule has 0 aliphatic carbocycles. The van der Waals surface area contributed by atoms with Crippen LogP contribution in [0.1, 0.15) is 6.42 Å². The minimum atomic E-state index is -1.30. The summed E-state index contributed by atoms with van der Waals surface area (Å²) >= 11 is 0. The molecular weight excluding hydrogens is 124 g/mol. The molecule has 0 aromatic heterocycles. The molecule has 0 rings (SSSR count). The van der Waals surface area contributed by atoms with Crippen LogP contribution in [0, 0.1) is 0 Å². The molecule has 0 aliphatic heterocycles. The van der Waals surface area contributed by atoms with E-state index in [0.717, 1.165) is 0 Å². The van der Waals surface area contributed by atoms with Gasteiger partial charge >= 0.3 is 6.16 Å². The number of hydrogen-bond donors (Lipinski definition) is 3. The third-order valence-corrected chi connectivity index (χ3v) is 0.677. The summed E-state index contributed by atoms with van der Waals surface area (Å²) in [6, 6.07) is 0. The van der Waals surface area contributed by atoms with E-state index in [1.54, 1.807) is 0 Å². The van der Waals surface area contributed by atoms with Gasteiger partial charge in [0, 0.05) is 6.42 Å². The van der Waals surface area contributed by atoms with Crippen LogP contribution in [0.3, 0.4) is 0 Å². The number of ether oxygens (including phenoxy) is 1. The number of rotatable bonds is 3. The second-order valence-electron chi connectivity index (χ2n) is 1.57. The number of carboxylic acid groups (broad SMARTS) is 1. The predicted molar refractivity (Wildman–Crippen MR) is 30.8 cm³/mol. The maximum absolute atomic E-state index is 9.68. The van der Waals surface area contributed by atoms with Crippen LogP contribution < -0.4 is 11.5 Å². The number of nitrogens with two attached hydrogens (primary N) is 2. The molecule has 0 fully saturated rings. The van der Waals surface area contributed by atoms with E-state index in [-0.39, 0.29) is 6.61 Å². The second-order valence-corrected chi connectivity index (χ2v) is 1.57. The highest BCUT2D eigenvalue weighted by molar-refractivity contribution is 5.56. The van der Waals surface area contributed by atoms with Gasteiger partial charge in [0.05, 0.1) is 12.8 Å². The molecule has 0 saturated carbocycles. The van der Waals surface area contributed by atoms with Crippen LogP contribution in [-0.4, -0.2) is 24.0 Å². The van der Waals surface area contributed by atoms with Crippen LogP contribution in [0.15, 0.2) is 0 Å². The molecule has 0 aliphatic rings. The molecule has 5 N–H and O–H groups in total. The van der Waals surface area contributed by atoms with Gasteiger partial charge in [-0.25, -0.2) is 4.79 Å². The summed E-state index contributed by atoms with van der Waals surface area (Å²) in [6.07, 6.45) is -1.44. The van der Waals surface area contributed by atoms with Gasteiger partial charge < -0.3 is 21.3 Å². The summed E-state index contributed by atoms with van der Waals surface area (Å²) in [5, 5.41) is 7.92. The third-order valence-electron chi connectivity index (χ3n) is 0.677. The zero-order chi connectivity index (χ0) is 7.28. The maximum atomic E-state index is 9.68. The van der Waals surface area contributed by atoms with Crippen molar-refractivity contribution in [1.29, 1.82) is 0 Å². The van der Waals surface area contributed by atoms with Gasteiger partial charge in [0.15, 0.2) is 0 Å². The van der Waals surface area contributed by atoms with E-state index in [0.29, 0.717) is 6.42 Å². The molecule has 0 heterocycles. The van der Waals surface area contributed by atoms with Crippen LogP contribution in [0.25, 0.3) is 0 Å². The maximum Gasteiger partial charge on any atom is 0.505 e. The molecule has 0 aromatic rings. The van der Waals surface area contributed by atoms with Crippen molar-refractivity contribution in [2.24, 2.45) is 11.5 Å². The first-order valence-electron chi connectivity index (χ1n) is 2.50. The normalized spacial score (nSPS) is 9.67. The average molecular weight is 134 g/mol. The fraction of sp³-hybridized carbons (Fsp3) is 0.750. The molecule has 9 heavy (non-hydrogen) atoms. The summed E-state index contributed by atoms with van der Waals surface area (Å²) in [5.41, 5.74) is 10.2. The Morgan fingerprint density at radius 3 is 2.56 bits per heavy atom. The first-order valence-corrected chi connectivity index (χ1v) is 2.50. The summed E-state index contributed by atoms with van der Waals surface area (Å²) < 4.78 is 4.11. The standard InChI is InChI=1S/C4H10N2O3/c5-3(6)1-2-9-4(7)8/h3H,1-2,5-6H2,(H,7,8). The van der Waals surface area contributed by atoms with E-state index in [1.807, 2.05) is 0 Å². The van der Waals surface area contributed by atoms with Crippen LogP contribution in [0.2, 0.25) is 0 Å². The Morgan fingerprint density at radius 1 is 1.67 bits per heavy atom. The van der Waals surface area contributed by atoms with Gasteiger partial charge in [0.25, 0.3) is 0 Å². The fourth-order valence-electron chi connectivity index (χ4n) is 0.282. The minimum Gasteiger partial charge on any atom is -0.450 e. The quantitative estimate of drug-likeness (QED) is 0.350. The smallest absolute Gasteiger partial charge is 0.450 e. The summed E-state index contributed by atoms with van der Waals surface area (Å²) in [4.78, 5) is 9.68. The molecule has 0 bridgehead atoms. The van der Waals surface area contributed by atoms with Crippen molar-refractivity contribution >= 4 is 6.16 Å². The molecule has 0 unspecified atom stereocenters. The third kappa shape index (κ3) is 7.19. The summed E-state index contributed by atoms with van der Waals surface area (Å²) in [6.45, 7) is 0.0625. The Morgan fingerprint density at radius 2 is 2.22 bits per heavy atom. The molecular formula is C4H10N2O3. The molecule has 5 heteroatoms. The van der Waals surface area contributed by atoms with Crippen molar-refractivity contribution in [3.05, 3.63) is 0 Å². The van der Waals surface area contributed by atoms with Crippen LogP contribution in [-0.2, 0) is 4.74 Å². The molecule has 0 radical (unpaired) electrons. The average Bonchev–Trinajstić information content (AvgIpc) is 1.63. The molecule has 0 aromatic carbocycles. The zero-order valence-corrected chi connectivity index (χ0v) is 4.91. The van der Waals surface area contributed by atoms with Gasteiger partial charge in [-0.05, 0) is 0 Å². The van der Waals surface area contributed by atoms with Crippen LogP contribution in [0.5, 0.6) is 0 Å². The van der Waals surface area contributed by atoms with E-state index in [1.165, 1.54) is 0 Å². The van der Waals surface area contributed by atoms with E-state index in [4.69, 9.17) is 16.6 Å². The van der Waals surface area contributed by atoms with Gasteiger partial charge in [-0.15, -0.1) is 0 Å². The van der Waals surface area contributed by atoms with Crippen LogP contribution >= 0.6 is 0 Å². The van der Waals surface area contributed by atoms with Crippen LogP contribution in [0.4, 0.5) is 4.79 Å². The Hall–Kier alpha value is -0.810. The highest BCUT2D eigenvalue weighted by Gasteiger charge is 1.97. The highest BCUT2D eigenvalue weighted by Crippen LogP contribution is 1.82. The van der Waals surface area contributed by atoms with E-state index >= 15 is 0 Å². The Labute approximate surface area is 52.6 Å². The largest absolute Gasteiger partial charge is 0.505 e. The van der Waals surface area contributed by atoms with Gasteiger partial charge in [0.2, 0.25) is 0 Å². The molecule has 0 amide bonds. The summed E-state index contributed by atoms with van der Waals surface area (Å²) in [7, 11) is 0. The lowest BCUT2D eigenvalue weighted by Crippen LogP contribution is -2.31. The van der Waals surface area contributed by atoms with Gasteiger partial charge in [-0.1, -0.05) is 0 Å². The first-order chi connectivity index (χ1) is 4.13. The monoisotopic (exact) mass is 134 g/mol. The lowest BCUT2D eigenvalue weighted by molar-refractivity contribution is 0.0892. The molecule has 0 saturated heterocycles. The molecule has 5 nitrogen and oxygen atoms in total. The SMILES string of the molecule is NC(N)CCOC(=O)O. The molecule has 0 atom stereocenters. The first kappa shape index (κ1) is 8.19. The van der Waals surface area contributed by atoms with E-state index in [9.17, 15) is 4.79 Å². The minimum absolute atomic E-state index is 0.0625. The second kappa shape index (κ2) is 4.11. The predicted octanol–water partition coefficient (Wildman–Crippen LogP) is -0.685. The van der Waals surface area contributed by atoms with Gasteiger partial charge in [-0.3, -0.25) is 0 Å². The van der Waals surface area contributed by atoms with Crippen molar-refractivity contribution in [3.63, 3.8) is 0 Å². The zero-order valence-electron chi connectivity index (χ0n) is 4.91. The van der Waals surface area contributed by atoms with Gasteiger partial charge in [-0.2, -0.15) is 0 Å². The van der Waals surface area contributed by atoms with Crippen molar-refractivity contribution in [3.8, 4) is 0 Å². The Balaban J connectivity index is 3.01. The van der Waals surface area contributed by atoms with Gasteiger partial charge in [0.1, 0.15) is 0 Å². The highest BCUT2D eigenvalue weighted by atomic mass is 16.7. The van der Waals surface area contributed by atoms with Crippen molar-refractivity contribution in [1.82, 2.24) is 0 Å². The Kier molecular flexibility index (Phi) is 3.74. The Bertz CT molecular complexity index is 93.8. The lowest BCUT2D eigenvalue weighted by Gasteiger charge is -2.02. The number of hydrogen-bond acceptors (Lipinski definition) is 4. The van der Waals surface area contributed by atoms with Crippen molar-refractivity contribution < 1.29 is 14.6 Å². The van der Waals surface area contributed by atoms with E-state index < -0.39 is 12.3 Å². The molecule has 54 valence electrons. The summed E-state index contributed by atoms with van der Waals surface area (Å²) in [5.74, 6) is 0. The molecule has 0 spiro atoms. The topological polar surface area (TPSA) is 98.6 Å². The van der Waals surface area contributed by atoms with Crippen molar-refractivity contribution in [2.75, 3.05) is 6.61 Å². The fourth-order valence-corrected chi connectivity index (χ4v) is 0.282. The van der Waals surface area contributed by atoms with Crippen molar-refractivity contribution in [2.45, 2.75) is 12.6 Å². The van der Waals surface area contributed by atoms with E-state index in [2.05, 4.69) is 4.74 Å².